The molecule has 3 aliphatic rings. The topological polar surface area (TPSA) is 36.0 Å². The summed E-state index contributed by atoms with van der Waals surface area (Å²) in [6.07, 6.45) is -4.40. The van der Waals surface area contributed by atoms with Crippen molar-refractivity contribution >= 4 is 5.91 Å². The van der Waals surface area contributed by atoms with Crippen LogP contribution in [0.3, 0.4) is 0 Å². The van der Waals surface area contributed by atoms with Gasteiger partial charge in [-0.1, -0.05) is 30.3 Å². The summed E-state index contributed by atoms with van der Waals surface area (Å²) in [5.74, 6) is -0.214. The lowest BCUT2D eigenvalue weighted by Gasteiger charge is -2.63. The quantitative estimate of drug-likeness (QED) is 0.728. The van der Waals surface area contributed by atoms with Crippen LogP contribution in [-0.2, 0) is 17.5 Å². The molecule has 1 atom stereocenters. The maximum Gasteiger partial charge on any atom is 0.416 e. The number of benzene rings is 2. The van der Waals surface area contributed by atoms with Crippen molar-refractivity contribution in [1.82, 2.24) is 14.7 Å². The Kier molecular flexibility index (Phi) is 5.47. The summed E-state index contributed by atoms with van der Waals surface area (Å²) in [7, 11) is 0. The molecule has 1 amide bonds. The number of morpholine rings is 1. The van der Waals surface area contributed by atoms with E-state index in [4.69, 9.17) is 4.74 Å². The maximum absolute atomic E-state index is 12.9. The Morgan fingerprint density at radius 2 is 1.75 bits per heavy atom. The molecule has 0 bridgehead atoms. The van der Waals surface area contributed by atoms with E-state index in [9.17, 15) is 18.0 Å². The molecule has 0 unspecified atom stereocenters. The number of carbonyl (C=O) groups is 1. The van der Waals surface area contributed by atoms with Crippen molar-refractivity contribution in [2.75, 3.05) is 45.9 Å². The third kappa shape index (κ3) is 4.02. The number of nitrogens with zero attached hydrogens (tertiary/aromatic N) is 3. The van der Waals surface area contributed by atoms with Crippen LogP contribution in [0.5, 0.6) is 0 Å². The molecule has 5 rings (SSSR count). The van der Waals surface area contributed by atoms with Crippen LogP contribution >= 0.6 is 0 Å². The zero-order chi connectivity index (χ0) is 22.3. The molecule has 0 N–H and O–H groups in total. The summed E-state index contributed by atoms with van der Waals surface area (Å²) in [5, 5.41) is 0. The highest BCUT2D eigenvalue weighted by Crippen LogP contribution is 2.37. The second-order valence-corrected chi connectivity index (χ2v) is 9.04. The first-order valence-electron chi connectivity index (χ1n) is 10.9. The van der Waals surface area contributed by atoms with E-state index in [0.29, 0.717) is 31.9 Å². The first-order chi connectivity index (χ1) is 15.3. The fourth-order valence-electron chi connectivity index (χ4n) is 5.34. The summed E-state index contributed by atoms with van der Waals surface area (Å²) < 4.78 is 44.2. The summed E-state index contributed by atoms with van der Waals surface area (Å²) in [5.41, 5.74) is 0.672. The number of fused-ring (bicyclic) bond motifs is 2. The number of halogens is 3. The van der Waals surface area contributed by atoms with E-state index in [2.05, 4.69) is 21.9 Å². The molecule has 3 heterocycles. The molecular formula is C24H26F3N3O2. The van der Waals surface area contributed by atoms with Gasteiger partial charge in [0.05, 0.1) is 24.3 Å². The first kappa shape index (κ1) is 21.4. The highest BCUT2D eigenvalue weighted by molar-refractivity contribution is 5.95. The molecule has 0 aliphatic carbocycles. The minimum absolute atomic E-state index is 0.136. The second-order valence-electron chi connectivity index (χ2n) is 9.04. The molecule has 5 nitrogen and oxygen atoms in total. The average Bonchev–Trinajstić information content (AvgIpc) is 2.76. The lowest BCUT2D eigenvalue weighted by atomic mass is 9.82. The van der Waals surface area contributed by atoms with Crippen LogP contribution in [0.2, 0.25) is 0 Å². The van der Waals surface area contributed by atoms with Gasteiger partial charge in [0.1, 0.15) is 0 Å². The lowest BCUT2D eigenvalue weighted by molar-refractivity contribution is -0.157. The third-order valence-corrected chi connectivity index (χ3v) is 6.79. The van der Waals surface area contributed by atoms with Crippen LogP contribution in [-0.4, -0.2) is 78.1 Å². The normalized spacial score (nSPS) is 23.6. The number of likely N-dealkylation sites (tertiary alicyclic amines) is 1. The van der Waals surface area contributed by atoms with E-state index in [1.165, 1.54) is 17.7 Å². The van der Waals surface area contributed by atoms with E-state index in [-0.39, 0.29) is 17.5 Å². The highest BCUT2D eigenvalue weighted by atomic mass is 19.4. The van der Waals surface area contributed by atoms with Gasteiger partial charge >= 0.3 is 6.18 Å². The van der Waals surface area contributed by atoms with Gasteiger partial charge in [-0.25, -0.2) is 0 Å². The molecular weight excluding hydrogens is 419 g/mol. The Hall–Kier alpha value is -2.42. The fourth-order valence-corrected chi connectivity index (χ4v) is 5.34. The number of carbonyl (C=O) groups excluding carboxylic acids is 1. The van der Waals surface area contributed by atoms with Gasteiger partial charge in [-0.2, -0.15) is 13.2 Å². The van der Waals surface area contributed by atoms with Crippen molar-refractivity contribution in [2.24, 2.45) is 0 Å². The van der Waals surface area contributed by atoms with Gasteiger partial charge in [0, 0.05) is 50.9 Å². The molecule has 3 saturated heterocycles. The Morgan fingerprint density at radius 3 is 2.44 bits per heavy atom. The molecule has 0 radical (unpaired) electrons. The van der Waals surface area contributed by atoms with Crippen molar-refractivity contribution < 1.29 is 22.7 Å². The van der Waals surface area contributed by atoms with Crippen LogP contribution in [0, 0.1) is 0 Å². The Labute approximate surface area is 185 Å². The van der Waals surface area contributed by atoms with E-state index < -0.39 is 11.7 Å². The molecule has 0 saturated carbocycles. The van der Waals surface area contributed by atoms with Gasteiger partial charge in [-0.15, -0.1) is 0 Å². The van der Waals surface area contributed by atoms with Crippen LogP contribution in [0.25, 0.3) is 0 Å². The SMILES string of the molecule is O=C(c1ccc(C(F)(F)F)cc1)N1CC2(CN(Cc3ccccc3)C[C@@H]3COCCN32)C1. The van der Waals surface area contributed by atoms with Crippen molar-refractivity contribution in [3.8, 4) is 0 Å². The average molecular weight is 445 g/mol. The highest BCUT2D eigenvalue weighted by Gasteiger charge is 2.55. The predicted octanol–water partition coefficient (Wildman–Crippen LogP) is 3.12. The Bertz CT molecular complexity index is 959. The van der Waals surface area contributed by atoms with Gasteiger partial charge in [0.15, 0.2) is 0 Å². The van der Waals surface area contributed by atoms with Crippen molar-refractivity contribution in [1.29, 1.82) is 0 Å². The van der Waals surface area contributed by atoms with Crippen LogP contribution < -0.4 is 0 Å². The molecule has 2 aromatic carbocycles. The van der Waals surface area contributed by atoms with Crippen molar-refractivity contribution in [3.05, 3.63) is 71.3 Å². The number of piperazine rings is 1. The Morgan fingerprint density at radius 1 is 1.03 bits per heavy atom. The lowest BCUT2D eigenvalue weighted by Crippen LogP contribution is -2.81. The molecule has 8 heteroatoms. The summed E-state index contributed by atoms with van der Waals surface area (Å²) >= 11 is 0. The third-order valence-electron chi connectivity index (χ3n) is 6.79. The zero-order valence-corrected chi connectivity index (χ0v) is 17.7. The van der Waals surface area contributed by atoms with E-state index in [1.54, 1.807) is 4.90 Å². The molecule has 1 spiro atoms. The van der Waals surface area contributed by atoms with Gasteiger partial charge < -0.3 is 9.64 Å². The van der Waals surface area contributed by atoms with Gasteiger partial charge in [-0.05, 0) is 29.8 Å². The van der Waals surface area contributed by atoms with Gasteiger partial charge in [0.25, 0.3) is 5.91 Å². The first-order valence-corrected chi connectivity index (χ1v) is 10.9. The number of hydrogen-bond acceptors (Lipinski definition) is 4. The number of amides is 1. The summed E-state index contributed by atoms with van der Waals surface area (Å²) in [6, 6.07) is 15.1. The largest absolute Gasteiger partial charge is 0.416 e. The van der Waals surface area contributed by atoms with Crippen molar-refractivity contribution in [3.63, 3.8) is 0 Å². The van der Waals surface area contributed by atoms with Crippen LogP contribution in [0.15, 0.2) is 54.6 Å². The van der Waals surface area contributed by atoms with Crippen molar-refractivity contribution in [2.45, 2.75) is 24.3 Å². The van der Waals surface area contributed by atoms with E-state index in [1.807, 2.05) is 18.2 Å². The molecule has 3 aliphatic heterocycles. The molecule has 32 heavy (non-hydrogen) atoms. The zero-order valence-electron chi connectivity index (χ0n) is 17.7. The fraction of sp³-hybridized carbons (Fsp3) is 0.458. The molecule has 0 aromatic heterocycles. The number of ether oxygens (including phenoxy) is 1. The van der Waals surface area contributed by atoms with Crippen LogP contribution in [0.4, 0.5) is 13.2 Å². The predicted molar refractivity (Wildman–Crippen MR) is 113 cm³/mol. The van der Waals surface area contributed by atoms with E-state index >= 15 is 0 Å². The standard InChI is InChI=1S/C24H26F3N3O2/c25-24(26,27)20-8-6-19(7-9-20)22(31)29-16-23(17-29)15-28(12-18-4-2-1-3-5-18)13-21-14-32-11-10-30(21)23/h1-9,21H,10-17H2/t21-/m1/s1. The summed E-state index contributed by atoms with van der Waals surface area (Å²) in [4.78, 5) is 19.6. The summed E-state index contributed by atoms with van der Waals surface area (Å²) in [6.45, 7) is 5.98. The minimum Gasteiger partial charge on any atom is -0.378 e. The molecule has 3 fully saturated rings. The number of hydrogen-bond donors (Lipinski definition) is 0. The monoisotopic (exact) mass is 445 g/mol. The van der Waals surface area contributed by atoms with Gasteiger partial charge in [-0.3, -0.25) is 14.6 Å². The van der Waals surface area contributed by atoms with Gasteiger partial charge in [0.2, 0.25) is 0 Å². The smallest absolute Gasteiger partial charge is 0.378 e. The van der Waals surface area contributed by atoms with E-state index in [0.717, 1.165) is 38.3 Å². The second kappa shape index (κ2) is 8.17. The maximum atomic E-state index is 12.9. The number of alkyl halides is 3. The number of rotatable bonds is 3. The molecule has 2 aromatic rings. The Balaban J connectivity index is 1.30. The minimum atomic E-state index is -4.40. The molecule has 170 valence electrons. The van der Waals surface area contributed by atoms with Crippen LogP contribution in [0.1, 0.15) is 21.5 Å².